The second kappa shape index (κ2) is 5.88. The molecule has 0 saturated heterocycles. The maximum Gasteiger partial charge on any atom is 0.422 e. The van der Waals surface area contributed by atoms with E-state index >= 15 is 0 Å². The number of hydrogen-bond donors (Lipinski definition) is 2. The molecular formula is C9H17ClN2O4S. The van der Waals surface area contributed by atoms with Crippen LogP contribution in [0.4, 0.5) is 4.79 Å². The van der Waals surface area contributed by atoms with Gasteiger partial charge >= 0.3 is 16.3 Å². The van der Waals surface area contributed by atoms with Crippen LogP contribution in [-0.4, -0.2) is 32.5 Å². The monoisotopic (exact) mass is 284 g/mol. The summed E-state index contributed by atoms with van der Waals surface area (Å²) in [6.45, 7) is 3.36. The van der Waals surface area contributed by atoms with Gasteiger partial charge in [-0.3, -0.25) is 0 Å². The van der Waals surface area contributed by atoms with Gasteiger partial charge in [-0.05, 0) is 32.6 Å². The molecule has 8 heteroatoms. The highest BCUT2D eigenvalue weighted by Gasteiger charge is 2.30. The van der Waals surface area contributed by atoms with Gasteiger partial charge in [-0.25, -0.2) is 9.52 Å². The highest BCUT2D eigenvalue weighted by atomic mass is 35.5. The lowest BCUT2D eigenvalue weighted by Crippen LogP contribution is -2.43. The maximum absolute atomic E-state index is 11.4. The van der Waals surface area contributed by atoms with Gasteiger partial charge in [-0.1, -0.05) is 0 Å². The van der Waals surface area contributed by atoms with Crippen LogP contribution in [-0.2, 0) is 14.9 Å². The van der Waals surface area contributed by atoms with Crippen LogP contribution in [0.3, 0.4) is 0 Å². The van der Waals surface area contributed by atoms with E-state index in [1.54, 1.807) is 18.6 Å². The first-order valence-corrected chi connectivity index (χ1v) is 7.34. The number of hydrogen-bond acceptors (Lipinski definition) is 4. The second-order valence-electron chi connectivity index (χ2n) is 4.26. The molecule has 1 rings (SSSR count). The molecule has 1 aliphatic carbocycles. The lowest BCUT2D eigenvalue weighted by Gasteiger charge is -2.12. The zero-order valence-electron chi connectivity index (χ0n) is 9.77. The Morgan fingerprint density at radius 2 is 2.06 bits per heavy atom. The molecule has 1 atom stereocenters. The van der Waals surface area contributed by atoms with Crippen LogP contribution in [0.2, 0.25) is 0 Å². The molecule has 0 aromatic heterocycles. The molecule has 0 aromatic carbocycles. The SMILES string of the molecule is CC(C)OC(=O)NS(=O)(=O)NCC(Cl)C1CC1. The third kappa shape index (κ3) is 6.09. The van der Waals surface area contributed by atoms with Gasteiger partial charge in [0.2, 0.25) is 0 Å². The smallest absolute Gasteiger partial charge is 0.422 e. The van der Waals surface area contributed by atoms with E-state index in [1.165, 1.54) is 0 Å². The maximum atomic E-state index is 11.4. The fourth-order valence-corrected chi connectivity index (χ4v) is 2.36. The van der Waals surface area contributed by atoms with Crippen molar-refractivity contribution < 1.29 is 17.9 Å². The molecule has 0 heterocycles. The topological polar surface area (TPSA) is 84.5 Å². The molecule has 0 aromatic rings. The number of rotatable bonds is 6. The molecule has 1 aliphatic rings. The number of nitrogens with one attached hydrogen (secondary N) is 2. The molecule has 0 bridgehead atoms. The van der Waals surface area contributed by atoms with E-state index in [1.807, 2.05) is 0 Å². The number of alkyl halides is 1. The summed E-state index contributed by atoms with van der Waals surface area (Å²) >= 11 is 5.93. The lowest BCUT2D eigenvalue weighted by molar-refractivity contribution is 0.121. The predicted octanol–water partition coefficient (Wildman–Crippen LogP) is 0.973. The van der Waals surface area contributed by atoms with Gasteiger partial charge in [0.1, 0.15) is 0 Å². The summed E-state index contributed by atoms with van der Waals surface area (Å²) in [5.74, 6) is 0.377. The molecule has 0 spiro atoms. The zero-order valence-corrected chi connectivity index (χ0v) is 11.3. The quantitative estimate of drug-likeness (QED) is 0.712. The van der Waals surface area contributed by atoms with Crippen LogP contribution < -0.4 is 9.44 Å². The van der Waals surface area contributed by atoms with Crippen LogP contribution in [0, 0.1) is 5.92 Å². The first-order valence-electron chi connectivity index (χ1n) is 5.42. The van der Waals surface area contributed by atoms with Crippen molar-refractivity contribution in [3.63, 3.8) is 0 Å². The molecule has 2 N–H and O–H groups in total. The minimum Gasteiger partial charge on any atom is -0.446 e. The lowest BCUT2D eigenvalue weighted by atomic mass is 10.3. The third-order valence-corrected chi connectivity index (χ3v) is 3.66. The summed E-state index contributed by atoms with van der Waals surface area (Å²) in [6.07, 6.45) is 0.680. The van der Waals surface area contributed by atoms with E-state index < -0.39 is 16.3 Å². The van der Waals surface area contributed by atoms with Crippen molar-refractivity contribution in [3.05, 3.63) is 0 Å². The van der Waals surface area contributed by atoms with E-state index in [0.717, 1.165) is 12.8 Å². The largest absolute Gasteiger partial charge is 0.446 e. The van der Waals surface area contributed by atoms with E-state index in [9.17, 15) is 13.2 Å². The van der Waals surface area contributed by atoms with Crippen molar-refractivity contribution in [1.82, 2.24) is 9.44 Å². The van der Waals surface area contributed by atoms with Gasteiger partial charge in [0, 0.05) is 11.9 Å². The Morgan fingerprint density at radius 1 is 1.47 bits per heavy atom. The average Bonchev–Trinajstić information content (AvgIpc) is 2.94. The normalized spacial score (nSPS) is 17.9. The Kier molecular flexibility index (Phi) is 5.03. The van der Waals surface area contributed by atoms with Gasteiger partial charge in [0.15, 0.2) is 0 Å². The average molecular weight is 285 g/mol. The Balaban J connectivity index is 2.32. The number of carbonyl (C=O) groups excluding carboxylic acids is 1. The van der Waals surface area contributed by atoms with Crippen molar-refractivity contribution in [2.24, 2.45) is 5.92 Å². The van der Waals surface area contributed by atoms with Crippen LogP contribution in [0.15, 0.2) is 0 Å². The molecule has 17 heavy (non-hydrogen) atoms. The molecule has 1 saturated carbocycles. The highest BCUT2D eigenvalue weighted by Crippen LogP contribution is 2.35. The summed E-state index contributed by atoms with van der Waals surface area (Å²) in [5.41, 5.74) is 0. The summed E-state index contributed by atoms with van der Waals surface area (Å²) in [4.78, 5) is 11.1. The fourth-order valence-electron chi connectivity index (χ4n) is 1.20. The number of amides is 1. The Morgan fingerprint density at radius 3 is 2.53 bits per heavy atom. The van der Waals surface area contributed by atoms with Crippen molar-refractivity contribution in [1.29, 1.82) is 0 Å². The van der Waals surface area contributed by atoms with Crippen molar-refractivity contribution in [3.8, 4) is 0 Å². The second-order valence-corrected chi connectivity index (χ2v) is 6.32. The summed E-state index contributed by atoms with van der Waals surface area (Å²) in [6, 6.07) is 0. The summed E-state index contributed by atoms with van der Waals surface area (Å²) < 4.78 is 31.4. The van der Waals surface area contributed by atoms with Crippen molar-refractivity contribution in [2.45, 2.75) is 38.2 Å². The van der Waals surface area contributed by atoms with E-state index in [4.69, 9.17) is 11.6 Å². The Hall–Kier alpha value is -0.530. The third-order valence-electron chi connectivity index (χ3n) is 2.16. The molecule has 1 amide bonds. The molecule has 6 nitrogen and oxygen atoms in total. The summed E-state index contributed by atoms with van der Waals surface area (Å²) in [5, 5.41) is -0.229. The number of ether oxygens (including phenoxy) is 1. The Bertz CT molecular complexity index is 367. The molecule has 100 valence electrons. The van der Waals surface area contributed by atoms with Crippen LogP contribution in [0.25, 0.3) is 0 Å². The van der Waals surface area contributed by atoms with Gasteiger partial charge in [-0.2, -0.15) is 13.1 Å². The first-order chi connectivity index (χ1) is 7.80. The van der Waals surface area contributed by atoms with Crippen LogP contribution in [0.5, 0.6) is 0 Å². The van der Waals surface area contributed by atoms with Crippen molar-refractivity contribution >= 4 is 27.9 Å². The zero-order chi connectivity index (χ0) is 13.1. The molecular weight excluding hydrogens is 268 g/mol. The minimum atomic E-state index is -3.89. The van der Waals surface area contributed by atoms with Gasteiger partial charge < -0.3 is 4.74 Å². The predicted molar refractivity (Wildman–Crippen MR) is 64.0 cm³/mol. The Labute approximate surface area is 106 Å². The van der Waals surface area contributed by atoms with Gasteiger partial charge in [-0.15, -0.1) is 11.6 Å². The fraction of sp³-hybridized carbons (Fsp3) is 0.889. The summed E-state index contributed by atoms with van der Waals surface area (Å²) in [7, 11) is -3.89. The molecule has 1 unspecified atom stereocenters. The number of halogens is 1. The van der Waals surface area contributed by atoms with E-state index in [-0.39, 0.29) is 18.0 Å². The minimum absolute atomic E-state index is 0.108. The molecule has 0 radical (unpaired) electrons. The van der Waals surface area contributed by atoms with Crippen LogP contribution >= 0.6 is 11.6 Å². The molecule has 1 fully saturated rings. The van der Waals surface area contributed by atoms with Gasteiger partial charge in [0.05, 0.1) is 6.10 Å². The van der Waals surface area contributed by atoms with E-state index in [0.29, 0.717) is 5.92 Å². The van der Waals surface area contributed by atoms with Gasteiger partial charge in [0.25, 0.3) is 0 Å². The standard InChI is InChI=1S/C9H17ClN2O4S/c1-6(2)16-9(13)12-17(14,15)11-5-8(10)7-3-4-7/h6-8,11H,3-5H2,1-2H3,(H,12,13). The van der Waals surface area contributed by atoms with Crippen molar-refractivity contribution in [2.75, 3.05) is 6.54 Å². The highest BCUT2D eigenvalue weighted by molar-refractivity contribution is 7.88. The molecule has 0 aliphatic heterocycles. The number of carbonyl (C=O) groups is 1. The van der Waals surface area contributed by atoms with Crippen LogP contribution in [0.1, 0.15) is 26.7 Å². The first kappa shape index (κ1) is 14.5. The van der Waals surface area contributed by atoms with E-state index in [2.05, 4.69) is 9.46 Å².